The zero-order chi connectivity index (χ0) is 17.2. The Bertz CT molecular complexity index is 730. The van der Waals surface area contributed by atoms with Gasteiger partial charge < -0.3 is 14.2 Å². The van der Waals surface area contributed by atoms with E-state index in [1.54, 1.807) is 7.11 Å². The lowest BCUT2D eigenvalue weighted by atomic mass is 10.0. The molecule has 4 rings (SSSR count). The SMILES string of the molecule is COC[C@@H]1CN(C(=O)CC2Cc3ccccc3C2)Cc2cncn2C1. The predicted molar refractivity (Wildman–Crippen MR) is 95.0 cm³/mol. The second-order valence-electron chi connectivity index (χ2n) is 7.38. The van der Waals surface area contributed by atoms with Crippen molar-refractivity contribution in [1.29, 1.82) is 0 Å². The smallest absolute Gasteiger partial charge is 0.223 e. The van der Waals surface area contributed by atoms with E-state index in [-0.39, 0.29) is 5.91 Å². The van der Waals surface area contributed by atoms with Gasteiger partial charge in [-0.2, -0.15) is 0 Å². The number of aromatic nitrogens is 2. The number of fused-ring (bicyclic) bond motifs is 2. The van der Waals surface area contributed by atoms with Crippen molar-refractivity contribution in [3.63, 3.8) is 0 Å². The number of imidazole rings is 1. The molecule has 0 fully saturated rings. The molecule has 5 nitrogen and oxygen atoms in total. The molecule has 1 aromatic carbocycles. The molecule has 2 aromatic rings. The molecule has 2 heterocycles. The Morgan fingerprint density at radius 2 is 1.96 bits per heavy atom. The number of carbonyl (C=O) groups excluding carboxylic acids is 1. The molecule has 0 bridgehead atoms. The molecule has 0 saturated heterocycles. The zero-order valence-electron chi connectivity index (χ0n) is 14.7. The molecule has 1 atom stereocenters. The van der Waals surface area contributed by atoms with E-state index in [4.69, 9.17) is 4.74 Å². The van der Waals surface area contributed by atoms with E-state index in [2.05, 4.69) is 33.8 Å². The van der Waals surface area contributed by atoms with Gasteiger partial charge in [0.15, 0.2) is 0 Å². The van der Waals surface area contributed by atoms with Crippen molar-refractivity contribution in [2.45, 2.75) is 32.4 Å². The molecule has 25 heavy (non-hydrogen) atoms. The topological polar surface area (TPSA) is 47.4 Å². The lowest BCUT2D eigenvalue weighted by Gasteiger charge is -2.25. The molecule has 0 spiro atoms. The second-order valence-corrected chi connectivity index (χ2v) is 7.38. The molecule has 1 aliphatic heterocycles. The highest BCUT2D eigenvalue weighted by Crippen LogP contribution is 2.29. The average Bonchev–Trinajstić information content (AvgIpc) is 3.16. The van der Waals surface area contributed by atoms with Crippen molar-refractivity contribution < 1.29 is 9.53 Å². The number of hydrogen-bond donors (Lipinski definition) is 0. The predicted octanol–water partition coefficient (Wildman–Crippen LogP) is 2.29. The largest absolute Gasteiger partial charge is 0.384 e. The third-order valence-electron chi connectivity index (χ3n) is 5.44. The Kier molecular flexibility index (Phi) is 4.57. The molecule has 0 N–H and O–H groups in total. The van der Waals surface area contributed by atoms with Gasteiger partial charge in [-0.3, -0.25) is 4.79 Å². The quantitative estimate of drug-likeness (QED) is 0.859. The van der Waals surface area contributed by atoms with Gasteiger partial charge in [-0.25, -0.2) is 4.98 Å². The molecular weight excluding hydrogens is 314 g/mol. The third kappa shape index (κ3) is 3.47. The van der Waals surface area contributed by atoms with Gasteiger partial charge in [-0.05, 0) is 29.9 Å². The molecule has 132 valence electrons. The van der Waals surface area contributed by atoms with Crippen LogP contribution in [-0.4, -0.2) is 40.6 Å². The fraction of sp³-hybridized carbons (Fsp3) is 0.500. The number of nitrogens with zero attached hydrogens (tertiary/aromatic N) is 3. The summed E-state index contributed by atoms with van der Waals surface area (Å²) in [6.07, 6.45) is 6.41. The van der Waals surface area contributed by atoms with Gasteiger partial charge in [0.1, 0.15) is 0 Å². The molecule has 0 saturated carbocycles. The zero-order valence-corrected chi connectivity index (χ0v) is 14.7. The first-order chi connectivity index (χ1) is 12.2. The average molecular weight is 339 g/mol. The van der Waals surface area contributed by atoms with Crippen LogP contribution in [0, 0.1) is 11.8 Å². The van der Waals surface area contributed by atoms with Crippen LogP contribution in [0.1, 0.15) is 23.2 Å². The van der Waals surface area contributed by atoms with Crippen molar-refractivity contribution in [2.75, 3.05) is 20.3 Å². The van der Waals surface area contributed by atoms with Gasteiger partial charge in [0.05, 0.1) is 25.2 Å². The van der Waals surface area contributed by atoms with E-state index >= 15 is 0 Å². The second kappa shape index (κ2) is 7.00. The molecule has 0 radical (unpaired) electrons. The number of benzene rings is 1. The maximum atomic E-state index is 13.0. The maximum absolute atomic E-state index is 13.0. The number of ether oxygens (including phenoxy) is 1. The van der Waals surface area contributed by atoms with Gasteiger partial charge >= 0.3 is 0 Å². The van der Waals surface area contributed by atoms with Gasteiger partial charge in [0.2, 0.25) is 5.91 Å². The summed E-state index contributed by atoms with van der Waals surface area (Å²) >= 11 is 0. The molecule has 2 aliphatic rings. The van der Waals surface area contributed by atoms with Crippen molar-refractivity contribution in [1.82, 2.24) is 14.5 Å². The molecule has 1 amide bonds. The minimum atomic E-state index is 0.258. The van der Waals surface area contributed by atoms with Crippen LogP contribution in [0.3, 0.4) is 0 Å². The molecule has 5 heteroatoms. The highest BCUT2D eigenvalue weighted by Gasteiger charge is 2.29. The van der Waals surface area contributed by atoms with Gasteiger partial charge in [0.25, 0.3) is 0 Å². The Hall–Kier alpha value is -2.14. The summed E-state index contributed by atoms with van der Waals surface area (Å²) in [6.45, 7) is 2.94. The Morgan fingerprint density at radius 1 is 1.20 bits per heavy atom. The van der Waals surface area contributed by atoms with Crippen LogP contribution in [-0.2, 0) is 35.5 Å². The van der Waals surface area contributed by atoms with E-state index in [0.29, 0.717) is 31.4 Å². The van der Waals surface area contributed by atoms with Crippen LogP contribution >= 0.6 is 0 Å². The summed E-state index contributed by atoms with van der Waals surface area (Å²) in [7, 11) is 1.72. The van der Waals surface area contributed by atoms with Gasteiger partial charge in [-0.1, -0.05) is 24.3 Å². The van der Waals surface area contributed by atoms with E-state index in [0.717, 1.165) is 31.6 Å². The number of carbonyl (C=O) groups is 1. The van der Waals surface area contributed by atoms with E-state index in [1.807, 2.05) is 17.4 Å². The van der Waals surface area contributed by atoms with E-state index < -0.39 is 0 Å². The first kappa shape index (κ1) is 16.3. The van der Waals surface area contributed by atoms with Crippen LogP contribution in [0.15, 0.2) is 36.8 Å². The monoisotopic (exact) mass is 339 g/mol. The molecule has 1 aliphatic carbocycles. The first-order valence-corrected chi connectivity index (χ1v) is 9.05. The van der Waals surface area contributed by atoms with Crippen LogP contribution in [0.25, 0.3) is 0 Å². The third-order valence-corrected chi connectivity index (χ3v) is 5.44. The normalized spacial score (nSPS) is 20.2. The van der Waals surface area contributed by atoms with Gasteiger partial charge in [-0.15, -0.1) is 0 Å². The summed E-state index contributed by atoms with van der Waals surface area (Å²) in [4.78, 5) is 19.3. The summed E-state index contributed by atoms with van der Waals surface area (Å²) in [5, 5.41) is 0. The Labute approximate surface area is 148 Å². The van der Waals surface area contributed by atoms with Crippen molar-refractivity contribution in [3.8, 4) is 0 Å². The highest BCUT2D eigenvalue weighted by atomic mass is 16.5. The van der Waals surface area contributed by atoms with E-state index in [9.17, 15) is 4.79 Å². The van der Waals surface area contributed by atoms with Crippen molar-refractivity contribution in [3.05, 3.63) is 53.6 Å². The van der Waals surface area contributed by atoms with Crippen LogP contribution in [0.4, 0.5) is 0 Å². The van der Waals surface area contributed by atoms with Crippen molar-refractivity contribution >= 4 is 5.91 Å². The summed E-state index contributed by atoms with van der Waals surface area (Å²) in [6, 6.07) is 8.57. The summed E-state index contributed by atoms with van der Waals surface area (Å²) < 4.78 is 7.52. The molecular formula is C20H25N3O2. The lowest BCUT2D eigenvalue weighted by molar-refractivity contribution is -0.133. The summed E-state index contributed by atoms with van der Waals surface area (Å²) in [5.41, 5.74) is 3.93. The Balaban J connectivity index is 1.44. The number of hydrogen-bond acceptors (Lipinski definition) is 3. The number of amides is 1. The first-order valence-electron chi connectivity index (χ1n) is 9.05. The standard InChI is InChI=1S/C20H25N3O2/c1-25-13-16-10-22(12-19-9-21-14-23(19)11-16)20(24)8-15-6-17-4-2-3-5-18(17)7-15/h2-5,9,14-16H,6-8,10-13H2,1H3/t16-/m1/s1. The summed E-state index contributed by atoms with van der Waals surface area (Å²) in [5.74, 6) is 0.998. The highest BCUT2D eigenvalue weighted by molar-refractivity contribution is 5.76. The fourth-order valence-electron chi connectivity index (χ4n) is 4.25. The molecule has 1 aromatic heterocycles. The molecule has 0 unspecified atom stereocenters. The minimum absolute atomic E-state index is 0.258. The fourth-order valence-corrected chi connectivity index (χ4v) is 4.25. The lowest BCUT2D eigenvalue weighted by Crippen LogP contribution is -2.36. The van der Waals surface area contributed by atoms with Crippen LogP contribution < -0.4 is 0 Å². The number of rotatable bonds is 4. The van der Waals surface area contributed by atoms with E-state index in [1.165, 1.54) is 11.1 Å². The van der Waals surface area contributed by atoms with Crippen molar-refractivity contribution in [2.24, 2.45) is 11.8 Å². The number of methoxy groups -OCH3 is 1. The maximum Gasteiger partial charge on any atom is 0.223 e. The van der Waals surface area contributed by atoms with Gasteiger partial charge in [0, 0.05) is 38.7 Å². The Morgan fingerprint density at radius 3 is 2.68 bits per heavy atom. The minimum Gasteiger partial charge on any atom is -0.384 e. The van der Waals surface area contributed by atoms with Crippen LogP contribution in [0.2, 0.25) is 0 Å². The van der Waals surface area contributed by atoms with Crippen LogP contribution in [0.5, 0.6) is 0 Å².